The van der Waals surface area contributed by atoms with Crippen molar-refractivity contribution in [2.24, 2.45) is 0 Å². The Labute approximate surface area is 167 Å². The fourth-order valence-corrected chi connectivity index (χ4v) is 4.35. The van der Waals surface area contributed by atoms with E-state index in [1.807, 2.05) is 28.7 Å². The van der Waals surface area contributed by atoms with Gasteiger partial charge in [0, 0.05) is 6.04 Å². The van der Waals surface area contributed by atoms with E-state index >= 15 is 0 Å². The average Bonchev–Trinajstić information content (AvgIpc) is 3.04. The predicted molar refractivity (Wildman–Crippen MR) is 104 cm³/mol. The van der Waals surface area contributed by atoms with Gasteiger partial charge in [-0.25, -0.2) is 4.79 Å². The zero-order chi connectivity index (χ0) is 18.4. The Bertz CT molecular complexity index is 729. The van der Waals surface area contributed by atoms with Crippen LogP contribution in [-0.2, 0) is 9.59 Å². The highest BCUT2D eigenvalue weighted by Crippen LogP contribution is 2.32. The van der Waals surface area contributed by atoms with Crippen LogP contribution < -0.4 is 10.1 Å². The van der Waals surface area contributed by atoms with Crippen LogP contribution in [0.4, 0.5) is 0 Å². The van der Waals surface area contributed by atoms with Crippen LogP contribution in [0.2, 0.25) is 0 Å². The molecule has 1 aliphatic carbocycles. The zero-order valence-electron chi connectivity index (χ0n) is 13.2. The van der Waals surface area contributed by atoms with Gasteiger partial charge in [-0.3, -0.25) is 4.79 Å². The van der Waals surface area contributed by atoms with Crippen LogP contribution in [0.5, 0.6) is 5.75 Å². The molecular weight excluding hydrogens is 503 g/mol. The van der Waals surface area contributed by atoms with Crippen LogP contribution in [-0.4, -0.2) is 29.6 Å². The van der Waals surface area contributed by atoms with Crippen LogP contribution in [0.1, 0.15) is 31.2 Å². The molecule has 0 saturated heterocycles. The number of hydrogen-bond donors (Lipinski definition) is 2. The molecule has 1 aliphatic rings. The Morgan fingerprint density at radius 3 is 2.68 bits per heavy atom. The molecule has 0 unspecified atom stereocenters. The number of carboxylic acid groups (broad SMARTS) is 1. The molecule has 0 aliphatic heterocycles. The molecule has 0 bridgehead atoms. The smallest absolute Gasteiger partial charge is 0.341 e. The van der Waals surface area contributed by atoms with Crippen molar-refractivity contribution in [2.45, 2.75) is 31.7 Å². The first kappa shape index (κ1) is 19.7. The molecule has 1 fully saturated rings. The summed E-state index contributed by atoms with van der Waals surface area (Å²) in [6.45, 7) is -0.447. The topological polar surface area (TPSA) is 99.4 Å². The fraction of sp³-hybridized carbons (Fsp3) is 0.353. The number of halogens is 2. The van der Waals surface area contributed by atoms with E-state index in [0.29, 0.717) is 19.4 Å². The molecule has 0 spiro atoms. The first-order valence-electron chi connectivity index (χ1n) is 7.67. The summed E-state index contributed by atoms with van der Waals surface area (Å²) in [6.07, 6.45) is 5.60. The van der Waals surface area contributed by atoms with Crippen molar-refractivity contribution >= 4 is 56.5 Å². The van der Waals surface area contributed by atoms with Crippen molar-refractivity contribution in [3.63, 3.8) is 0 Å². The molecule has 1 amide bonds. The Morgan fingerprint density at radius 2 is 2.12 bits per heavy atom. The molecule has 1 saturated carbocycles. The molecule has 0 aromatic heterocycles. The molecule has 25 heavy (non-hydrogen) atoms. The minimum Gasteiger partial charge on any atom is -0.480 e. The van der Waals surface area contributed by atoms with Crippen molar-refractivity contribution in [2.75, 3.05) is 6.61 Å². The Morgan fingerprint density at radius 1 is 1.44 bits per heavy atom. The SMILES string of the molecule is N#C/C(=C/c1cc(Br)c(OCC(=O)O)c(I)c1)C(=O)NC1CCCC1. The molecule has 6 nitrogen and oxygen atoms in total. The number of benzene rings is 1. The van der Waals surface area contributed by atoms with E-state index < -0.39 is 12.6 Å². The summed E-state index contributed by atoms with van der Waals surface area (Å²) in [5, 5.41) is 20.9. The quantitative estimate of drug-likeness (QED) is 0.341. The highest BCUT2D eigenvalue weighted by molar-refractivity contribution is 14.1. The lowest BCUT2D eigenvalue weighted by Crippen LogP contribution is -2.33. The van der Waals surface area contributed by atoms with Crippen LogP contribution in [0.3, 0.4) is 0 Å². The third-order valence-corrected chi connectivity index (χ3v) is 5.12. The molecule has 2 N–H and O–H groups in total. The van der Waals surface area contributed by atoms with Gasteiger partial charge in [0.15, 0.2) is 6.61 Å². The Balaban J connectivity index is 2.18. The predicted octanol–water partition coefficient (Wildman–Crippen LogP) is 3.48. The minimum atomic E-state index is -1.07. The number of ether oxygens (including phenoxy) is 1. The van der Waals surface area contributed by atoms with Crippen LogP contribution in [0, 0.1) is 14.9 Å². The first-order valence-corrected chi connectivity index (χ1v) is 9.54. The summed E-state index contributed by atoms with van der Waals surface area (Å²) in [5.41, 5.74) is 0.686. The molecule has 1 aromatic carbocycles. The summed E-state index contributed by atoms with van der Waals surface area (Å²) < 4.78 is 6.46. The highest BCUT2D eigenvalue weighted by atomic mass is 127. The lowest BCUT2D eigenvalue weighted by atomic mass is 10.1. The highest BCUT2D eigenvalue weighted by Gasteiger charge is 2.19. The van der Waals surface area contributed by atoms with Gasteiger partial charge in [0.1, 0.15) is 17.4 Å². The van der Waals surface area contributed by atoms with Crippen molar-refractivity contribution in [1.82, 2.24) is 5.32 Å². The van der Waals surface area contributed by atoms with E-state index in [9.17, 15) is 14.9 Å². The van der Waals surface area contributed by atoms with Crippen LogP contribution in [0.25, 0.3) is 6.08 Å². The Hall–Kier alpha value is -1.60. The summed E-state index contributed by atoms with van der Waals surface area (Å²) in [6, 6.07) is 5.49. The monoisotopic (exact) mass is 518 g/mol. The Kier molecular flexibility index (Phi) is 7.25. The number of nitrogens with zero attached hydrogens (tertiary/aromatic N) is 1. The van der Waals surface area contributed by atoms with E-state index in [2.05, 4.69) is 21.2 Å². The van der Waals surface area contributed by atoms with Gasteiger partial charge in [-0.15, -0.1) is 0 Å². The second-order valence-electron chi connectivity index (χ2n) is 5.62. The van der Waals surface area contributed by atoms with Gasteiger partial charge in [-0.05, 0) is 75.1 Å². The standard InChI is InChI=1S/C17H16BrIN2O4/c18-13-6-10(7-14(19)16(13)25-9-15(22)23)5-11(8-20)17(24)21-12-3-1-2-4-12/h5-7,12H,1-4,9H2,(H,21,24)(H,22,23)/b11-5-. The number of carboxylic acids is 1. The molecule has 1 aromatic rings. The molecule has 8 heteroatoms. The van der Waals surface area contributed by atoms with E-state index in [-0.39, 0.29) is 17.5 Å². The van der Waals surface area contributed by atoms with Crippen molar-refractivity contribution in [1.29, 1.82) is 5.26 Å². The third-order valence-electron chi connectivity index (χ3n) is 3.73. The van der Waals surface area contributed by atoms with Gasteiger partial charge >= 0.3 is 5.97 Å². The summed E-state index contributed by atoms with van der Waals surface area (Å²) in [5.74, 6) is -1.03. The van der Waals surface area contributed by atoms with Gasteiger partial charge in [0.25, 0.3) is 5.91 Å². The van der Waals surface area contributed by atoms with Crippen molar-refractivity contribution in [3.05, 3.63) is 31.3 Å². The average molecular weight is 519 g/mol. The van der Waals surface area contributed by atoms with E-state index in [0.717, 1.165) is 25.7 Å². The molecular formula is C17H16BrIN2O4. The molecule has 0 heterocycles. The van der Waals surface area contributed by atoms with Gasteiger partial charge in [0.05, 0.1) is 8.04 Å². The number of nitrogens with one attached hydrogen (secondary N) is 1. The van der Waals surface area contributed by atoms with E-state index in [1.165, 1.54) is 6.08 Å². The second-order valence-corrected chi connectivity index (χ2v) is 7.64. The van der Waals surface area contributed by atoms with Gasteiger partial charge in [0.2, 0.25) is 0 Å². The van der Waals surface area contributed by atoms with Gasteiger partial charge in [-0.1, -0.05) is 12.8 Å². The largest absolute Gasteiger partial charge is 0.480 e. The molecule has 0 atom stereocenters. The lowest BCUT2D eigenvalue weighted by molar-refractivity contribution is -0.139. The number of rotatable bonds is 6. The maximum absolute atomic E-state index is 12.2. The minimum absolute atomic E-state index is 0.0359. The molecule has 0 radical (unpaired) electrons. The van der Waals surface area contributed by atoms with E-state index in [1.54, 1.807) is 12.1 Å². The van der Waals surface area contributed by atoms with Crippen LogP contribution in [0.15, 0.2) is 22.2 Å². The fourth-order valence-electron chi connectivity index (χ4n) is 2.58. The number of carbonyl (C=O) groups excluding carboxylic acids is 1. The van der Waals surface area contributed by atoms with Gasteiger partial charge < -0.3 is 15.2 Å². The molecule has 2 rings (SSSR count). The lowest BCUT2D eigenvalue weighted by Gasteiger charge is -2.12. The number of amides is 1. The van der Waals surface area contributed by atoms with Crippen molar-refractivity contribution in [3.8, 4) is 11.8 Å². The summed E-state index contributed by atoms with van der Waals surface area (Å²) in [4.78, 5) is 22.9. The number of carbonyl (C=O) groups is 2. The first-order chi connectivity index (χ1) is 11.9. The number of hydrogen-bond acceptors (Lipinski definition) is 4. The number of nitriles is 1. The summed E-state index contributed by atoms with van der Waals surface area (Å²) in [7, 11) is 0. The normalized spacial score (nSPS) is 14.8. The van der Waals surface area contributed by atoms with Crippen molar-refractivity contribution < 1.29 is 19.4 Å². The maximum Gasteiger partial charge on any atom is 0.341 e. The summed E-state index contributed by atoms with van der Waals surface area (Å²) >= 11 is 5.35. The van der Waals surface area contributed by atoms with Crippen LogP contribution >= 0.6 is 38.5 Å². The zero-order valence-corrected chi connectivity index (χ0v) is 17.0. The van der Waals surface area contributed by atoms with E-state index in [4.69, 9.17) is 9.84 Å². The maximum atomic E-state index is 12.2. The number of aliphatic carboxylic acids is 1. The second kappa shape index (κ2) is 9.20. The molecule has 132 valence electrons. The third kappa shape index (κ3) is 5.71. The van der Waals surface area contributed by atoms with Gasteiger partial charge in [-0.2, -0.15) is 5.26 Å².